The van der Waals surface area contributed by atoms with Gasteiger partial charge in [0.1, 0.15) is 0 Å². The zero-order chi connectivity index (χ0) is 12.2. The first-order valence-corrected chi connectivity index (χ1v) is 6.95. The zero-order valence-corrected chi connectivity index (χ0v) is 10.8. The summed E-state index contributed by atoms with van der Waals surface area (Å²) in [6, 6.07) is 11.1. The number of hydrogen-bond acceptors (Lipinski definition) is 3. The third-order valence-corrected chi connectivity index (χ3v) is 3.85. The summed E-state index contributed by atoms with van der Waals surface area (Å²) in [6.45, 7) is 3.66. The standard InChI is InChI=1S/C15H21NO2/c1-2-6-13(7-3-1)12-16-9-5-4-8-14(16)15-17-10-11-18-15/h1-3,6-7,14-15H,4-5,8-12H2. The minimum absolute atomic E-state index is 0.00554. The van der Waals surface area contributed by atoms with Crippen molar-refractivity contribution in [1.29, 1.82) is 0 Å². The van der Waals surface area contributed by atoms with Crippen molar-refractivity contribution < 1.29 is 9.47 Å². The molecule has 0 aromatic heterocycles. The van der Waals surface area contributed by atoms with Gasteiger partial charge in [0.15, 0.2) is 6.29 Å². The fraction of sp³-hybridized carbons (Fsp3) is 0.600. The molecule has 3 rings (SSSR count). The lowest BCUT2D eigenvalue weighted by Gasteiger charge is -2.38. The van der Waals surface area contributed by atoms with E-state index in [4.69, 9.17) is 9.47 Å². The maximum atomic E-state index is 5.70. The van der Waals surface area contributed by atoms with Crippen molar-refractivity contribution in [3.05, 3.63) is 35.9 Å². The second-order valence-corrected chi connectivity index (χ2v) is 5.13. The highest BCUT2D eigenvalue weighted by Crippen LogP contribution is 2.25. The van der Waals surface area contributed by atoms with Crippen molar-refractivity contribution in [2.45, 2.75) is 38.1 Å². The van der Waals surface area contributed by atoms with E-state index in [0.29, 0.717) is 6.04 Å². The van der Waals surface area contributed by atoms with E-state index in [0.717, 1.165) is 26.3 Å². The molecule has 98 valence electrons. The molecule has 0 radical (unpaired) electrons. The quantitative estimate of drug-likeness (QED) is 0.818. The molecule has 2 saturated heterocycles. The summed E-state index contributed by atoms with van der Waals surface area (Å²) in [6.07, 6.45) is 3.77. The van der Waals surface area contributed by atoms with Crippen LogP contribution < -0.4 is 0 Å². The van der Waals surface area contributed by atoms with Crippen molar-refractivity contribution in [3.63, 3.8) is 0 Å². The third-order valence-electron chi connectivity index (χ3n) is 3.85. The molecule has 1 atom stereocenters. The predicted octanol–water partition coefficient (Wildman–Crippen LogP) is 2.41. The SMILES string of the molecule is c1ccc(CN2CCCCC2C2OCCO2)cc1. The van der Waals surface area contributed by atoms with Gasteiger partial charge in [0, 0.05) is 6.54 Å². The molecule has 1 unspecified atom stereocenters. The highest BCUT2D eigenvalue weighted by Gasteiger charge is 2.33. The lowest BCUT2D eigenvalue weighted by molar-refractivity contribution is -0.111. The molecule has 0 saturated carbocycles. The molecule has 0 N–H and O–H groups in total. The van der Waals surface area contributed by atoms with Crippen LogP contribution in [0.5, 0.6) is 0 Å². The minimum Gasteiger partial charge on any atom is -0.349 e. The average Bonchev–Trinajstić information content (AvgIpc) is 2.94. The minimum atomic E-state index is -0.00554. The molecule has 18 heavy (non-hydrogen) atoms. The van der Waals surface area contributed by atoms with Crippen molar-refractivity contribution in [1.82, 2.24) is 4.90 Å². The Kier molecular flexibility index (Phi) is 3.93. The Bertz CT molecular complexity index is 362. The number of rotatable bonds is 3. The Morgan fingerprint density at radius 1 is 1.06 bits per heavy atom. The second kappa shape index (κ2) is 5.83. The maximum absolute atomic E-state index is 5.70. The third kappa shape index (κ3) is 2.74. The zero-order valence-electron chi connectivity index (χ0n) is 10.8. The fourth-order valence-corrected chi connectivity index (χ4v) is 2.94. The van der Waals surface area contributed by atoms with E-state index in [1.807, 2.05) is 0 Å². The molecule has 0 spiro atoms. The van der Waals surface area contributed by atoms with Crippen molar-refractivity contribution in [2.24, 2.45) is 0 Å². The van der Waals surface area contributed by atoms with E-state index in [1.165, 1.54) is 24.8 Å². The average molecular weight is 247 g/mol. The normalized spacial score (nSPS) is 26.6. The van der Waals surface area contributed by atoms with Gasteiger partial charge in [-0.15, -0.1) is 0 Å². The Labute approximate surface area is 109 Å². The molecule has 1 aromatic rings. The summed E-state index contributed by atoms with van der Waals surface area (Å²) in [7, 11) is 0. The van der Waals surface area contributed by atoms with Crippen molar-refractivity contribution in [2.75, 3.05) is 19.8 Å². The first-order chi connectivity index (χ1) is 8.93. The first kappa shape index (κ1) is 12.2. The maximum Gasteiger partial charge on any atom is 0.173 e. The molecule has 0 amide bonds. The molecule has 2 heterocycles. The molecule has 1 aromatic carbocycles. The molecule has 2 fully saturated rings. The van der Waals surface area contributed by atoms with E-state index in [-0.39, 0.29) is 6.29 Å². The summed E-state index contributed by atoms with van der Waals surface area (Å²) >= 11 is 0. The van der Waals surface area contributed by atoms with E-state index < -0.39 is 0 Å². The van der Waals surface area contributed by atoms with Gasteiger partial charge in [-0.25, -0.2) is 0 Å². The van der Waals surface area contributed by atoms with Crippen LogP contribution >= 0.6 is 0 Å². The van der Waals surface area contributed by atoms with Crippen LogP contribution in [0.1, 0.15) is 24.8 Å². The highest BCUT2D eigenvalue weighted by atomic mass is 16.7. The van der Waals surface area contributed by atoms with E-state index in [1.54, 1.807) is 0 Å². The summed E-state index contributed by atoms with van der Waals surface area (Å²) in [4.78, 5) is 2.52. The van der Waals surface area contributed by atoms with Crippen LogP contribution in [0.15, 0.2) is 30.3 Å². The molecule has 3 heteroatoms. The van der Waals surface area contributed by atoms with Crippen LogP contribution in [0.3, 0.4) is 0 Å². The highest BCUT2D eigenvalue weighted by molar-refractivity contribution is 5.14. The van der Waals surface area contributed by atoms with Crippen LogP contribution in [-0.2, 0) is 16.0 Å². The van der Waals surface area contributed by atoms with Crippen LogP contribution in [0.25, 0.3) is 0 Å². The summed E-state index contributed by atoms with van der Waals surface area (Å²) in [5.41, 5.74) is 1.38. The van der Waals surface area contributed by atoms with Crippen LogP contribution in [0.2, 0.25) is 0 Å². The molecule has 0 bridgehead atoms. The number of piperidine rings is 1. The van der Waals surface area contributed by atoms with Crippen molar-refractivity contribution in [3.8, 4) is 0 Å². The van der Waals surface area contributed by atoms with Gasteiger partial charge >= 0.3 is 0 Å². The van der Waals surface area contributed by atoms with Gasteiger partial charge in [-0.1, -0.05) is 36.8 Å². The molecule has 2 aliphatic rings. The summed E-state index contributed by atoms with van der Waals surface area (Å²) in [5, 5.41) is 0. The topological polar surface area (TPSA) is 21.7 Å². The van der Waals surface area contributed by atoms with Crippen molar-refractivity contribution >= 4 is 0 Å². The molecule has 3 nitrogen and oxygen atoms in total. The Balaban J connectivity index is 1.67. The van der Waals surface area contributed by atoms with E-state index in [9.17, 15) is 0 Å². The van der Waals surface area contributed by atoms with Gasteiger partial charge in [0.05, 0.1) is 19.3 Å². The second-order valence-electron chi connectivity index (χ2n) is 5.13. The van der Waals surface area contributed by atoms with Gasteiger partial charge in [0.2, 0.25) is 0 Å². The lowest BCUT2D eigenvalue weighted by Crippen LogP contribution is -2.46. The smallest absolute Gasteiger partial charge is 0.173 e. The van der Waals surface area contributed by atoms with Gasteiger partial charge < -0.3 is 9.47 Å². The first-order valence-electron chi connectivity index (χ1n) is 6.95. The van der Waals surface area contributed by atoms with E-state index in [2.05, 4.69) is 35.2 Å². The number of likely N-dealkylation sites (tertiary alicyclic amines) is 1. The lowest BCUT2D eigenvalue weighted by atomic mass is 10.0. The van der Waals surface area contributed by atoms with Crippen LogP contribution in [-0.4, -0.2) is 37.0 Å². The van der Waals surface area contributed by atoms with Gasteiger partial charge in [-0.3, -0.25) is 4.90 Å². The van der Waals surface area contributed by atoms with Crippen LogP contribution in [0.4, 0.5) is 0 Å². The van der Waals surface area contributed by atoms with Crippen LogP contribution in [0, 0.1) is 0 Å². The largest absolute Gasteiger partial charge is 0.349 e. The Morgan fingerprint density at radius 3 is 2.61 bits per heavy atom. The summed E-state index contributed by atoms with van der Waals surface area (Å²) < 4.78 is 11.4. The van der Waals surface area contributed by atoms with E-state index >= 15 is 0 Å². The van der Waals surface area contributed by atoms with Gasteiger partial charge in [-0.2, -0.15) is 0 Å². The number of benzene rings is 1. The number of ether oxygens (including phenoxy) is 2. The molecular formula is C15H21NO2. The Hall–Kier alpha value is -0.900. The Morgan fingerprint density at radius 2 is 1.83 bits per heavy atom. The predicted molar refractivity (Wildman–Crippen MR) is 70.2 cm³/mol. The fourth-order valence-electron chi connectivity index (χ4n) is 2.94. The number of hydrogen-bond donors (Lipinski definition) is 0. The van der Waals surface area contributed by atoms with Gasteiger partial charge in [-0.05, 0) is 24.9 Å². The van der Waals surface area contributed by atoms with Gasteiger partial charge in [0.25, 0.3) is 0 Å². The molecular weight excluding hydrogens is 226 g/mol. The molecule has 0 aliphatic carbocycles. The summed E-state index contributed by atoms with van der Waals surface area (Å²) in [5.74, 6) is 0. The number of nitrogens with zero attached hydrogens (tertiary/aromatic N) is 1. The monoisotopic (exact) mass is 247 g/mol. The molecule has 2 aliphatic heterocycles.